The zero-order valence-corrected chi connectivity index (χ0v) is 10.7. The number of carbonyl (C=O) groups excluding carboxylic acids is 1. The molecule has 3 nitrogen and oxygen atoms in total. The van der Waals surface area contributed by atoms with Gasteiger partial charge in [0, 0.05) is 31.3 Å². The topological polar surface area (TPSA) is 29.5 Å². The molecule has 17 heavy (non-hydrogen) atoms. The normalized spacial score (nSPS) is 23.1. The third-order valence-corrected chi connectivity index (χ3v) is 3.41. The van der Waals surface area contributed by atoms with Crippen LogP contribution in [0.3, 0.4) is 0 Å². The van der Waals surface area contributed by atoms with Crippen LogP contribution < -0.4 is 0 Å². The zero-order valence-electron chi connectivity index (χ0n) is 10.7. The second-order valence-corrected chi connectivity index (χ2v) is 4.41. The number of allylic oxidation sites excluding steroid dienone is 2. The summed E-state index contributed by atoms with van der Waals surface area (Å²) in [5.74, 6) is -0.217. The fraction of sp³-hybridized carbons (Fsp3) is 0.500. The molecule has 3 heteroatoms. The van der Waals surface area contributed by atoms with E-state index < -0.39 is 0 Å². The molecule has 0 aromatic heterocycles. The van der Waals surface area contributed by atoms with Crippen LogP contribution in [0.15, 0.2) is 35.1 Å². The van der Waals surface area contributed by atoms with Gasteiger partial charge in [0.05, 0.1) is 0 Å². The van der Waals surface area contributed by atoms with Crippen molar-refractivity contribution in [2.75, 3.05) is 13.1 Å². The maximum atomic E-state index is 11.4. The number of hydrogen-bond donors (Lipinski definition) is 0. The minimum absolute atomic E-state index is 0.0897. The highest BCUT2D eigenvalue weighted by Gasteiger charge is 2.28. The Kier molecular flexibility index (Phi) is 3.36. The van der Waals surface area contributed by atoms with Crippen LogP contribution >= 0.6 is 0 Å². The van der Waals surface area contributed by atoms with Crippen molar-refractivity contribution in [2.45, 2.75) is 33.3 Å². The van der Waals surface area contributed by atoms with Gasteiger partial charge in [0.2, 0.25) is 0 Å². The molecule has 0 saturated heterocycles. The smallest absolute Gasteiger partial charge is 0.331 e. The Morgan fingerprint density at radius 1 is 1.35 bits per heavy atom. The Morgan fingerprint density at radius 3 is 2.71 bits per heavy atom. The van der Waals surface area contributed by atoms with Crippen LogP contribution in [0.5, 0.6) is 0 Å². The van der Waals surface area contributed by atoms with Crippen molar-refractivity contribution >= 4 is 5.97 Å². The molecule has 92 valence electrons. The van der Waals surface area contributed by atoms with Crippen LogP contribution in [0, 0.1) is 0 Å². The largest absolute Gasteiger partial charge is 0.454 e. The van der Waals surface area contributed by atoms with Crippen molar-refractivity contribution in [3.63, 3.8) is 0 Å². The second kappa shape index (κ2) is 4.78. The van der Waals surface area contributed by atoms with Crippen molar-refractivity contribution in [3.8, 4) is 0 Å². The Labute approximate surface area is 102 Å². The number of rotatable bonds is 3. The molecule has 1 unspecified atom stereocenters. The van der Waals surface area contributed by atoms with E-state index in [1.165, 1.54) is 5.70 Å². The minimum atomic E-state index is -0.217. The molecule has 2 rings (SSSR count). The Bertz CT molecular complexity index is 414. The van der Waals surface area contributed by atoms with Gasteiger partial charge in [0.1, 0.15) is 6.10 Å². The molecule has 0 radical (unpaired) electrons. The van der Waals surface area contributed by atoms with Crippen LogP contribution in [0.1, 0.15) is 27.2 Å². The zero-order chi connectivity index (χ0) is 12.4. The highest BCUT2D eigenvalue weighted by atomic mass is 16.5. The van der Waals surface area contributed by atoms with Crippen molar-refractivity contribution in [2.24, 2.45) is 0 Å². The number of ether oxygens (including phenoxy) is 1. The van der Waals surface area contributed by atoms with Gasteiger partial charge >= 0.3 is 5.97 Å². The van der Waals surface area contributed by atoms with E-state index in [1.54, 1.807) is 6.08 Å². The van der Waals surface area contributed by atoms with Crippen molar-refractivity contribution in [1.82, 2.24) is 4.90 Å². The van der Waals surface area contributed by atoms with Crippen molar-refractivity contribution in [1.29, 1.82) is 0 Å². The summed E-state index contributed by atoms with van der Waals surface area (Å²) in [6.45, 7) is 8.22. The summed E-state index contributed by atoms with van der Waals surface area (Å²) in [6.07, 6.45) is 6.51. The van der Waals surface area contributed by atoms with Crippen LogP contribution in [-0.2, 0) is 9.53 Å². The molecule has 0 fully saturated rings. The van der Waals surface area contributed by atoms with E-state index in [1.807, 2.05) is 6.92 Å². The van der Waals surface area contributed by atoms with E-state index in [4.69, 9.17) is 4.74 Å². The molecule has 0 aromatic rings. The second-order valence-electron chi connectivity index (χ2n) is 4.41. The molecule has 1 aliphatic carbocycles. The van der Waals surface area contributed by atoms with E-state index >= 15 is 0 Å². The molecular weight excluding hydrogens is 214 g/mol. The first-order chi connectivity index (χ1) is 8.15. The first-order valence-electron chi connectivity index (χ1n) is 6.20. The Morgan fingerprint density at radius 2 is 2.06 bits per heavy atom. The molecular formula is C14H19NO2. The van der Waals surface area contributed by atoms with Gasteiger partial charge in [0.25, 0.3) is 0 Å². The molecule has 0 saturated carbocycles. The highest BCUT2D eigenvalue weighted by Crippen LogP contribution is 2.31. The predicted octanol–water partition coefficient (Wildman–Crippen LogP) is 2.41. The SMILES string of the molecule is CCN(CC)C1=CC=C2C(C)=CC(=O)OC2C1. The van der Waals surface area contributed by atoms with Crippen LogP contribution in [0.25, 0.3) is 0 Å². The molecule has 0 N–H and O–H groups in total. The van der Waals surface area contributed by atoms with Crippen LogP contribution in [0.4, 0.5) is 0 Å². The predicted molar refractivity (Wildman–Crippen MR) is 67.3 cm³/mol. The third-order valence-electron chi connectivity index (χ3n) is 3.41. The lowest BCUT2D eigenvalue weighted by Crippen LogP contribution is -2.32. The number of esters is 1. The fourth-order valence-electron chi connectivity index (χ4n) is 2.45. The summed E-state index contributed by atoms with van der Waals surface area (Å²) in [7, 11) is 0. The van der Waals surface area contributed by atoms with Crippen molar-refractivity contribution < 1.29 is 9.53 Å². The van der Waals surface area contributed by atoms with E-state index in [9.17, 15) is 4.79 Å². The fourth-order valence-corrected chi connectivity index (χ4v) is 2.45. The summed E-state index contributed by atoms with van der Waals surface area (Å²) >= 11 is 0. The quantitative estimate of drug-likeness (QED) is 0.701. The lowest BCUT2D eigenvalue weighted by Gasteiger charge is -2.33. The van der Waals surface area contributed by atoms with Gasteiger partial charge < -0.3 is 9.64 Å². The monoisotopic (exact) mass is 233 g/mol. The van der Waals surface area contributed by atoms with Gasteiger partial charge in [-0.1, -0.05) is 6.08 Å². The first kappa shape index (κ1) is 12.0. The van der Waals surface area contributed by atoms with Crippen LogP contribution in [-0.4, -0.2) is 30.1 Å². The molecule has 0 bridgehead atoms. The lowest BCUT2D eigenvalue weighted by atomic mass is 9.91. The van der Waals surface area contributed by atoms with Gasteiger partial charge in [-0.2, -0.15) is 0 Å². The van der Waals surface area contributed by atoms with Gasteiger partial charge in [-0.15, -0.1) is 0 Å². The molecule has 1 aliphatic heterocycles. The molecule has 1 heterocycles. The Hall–Kier alpha value is -1.51. The van der Waals surface area contributed by atoms with Crippen LogP contribution in [0.2, 0.25) is 0 Å². The summed E-state index contributed by atoms with van der Waals surface area (Å²) in [6, 6.07) is 0. The number of nitrogens with zero attached hydrogens (tertiary/aromatic N) is 1. The number of carbonyl (C=O) groups is 1. The third kappa shape index (κ3) is 2.28. The summed E-state index contributed by atoms with van der Waals surface area (Å²) in [5.41, 5.74) is 3.42. The maximum absolute atomic E-state index is 11.4. The molecule has 0 amide bonds. The molecule has 0 aromatic carbocycles. The first-order valence-corrected chi connectivity index (χ1v) is 6.20. The number of fused-ring (bicyclic) bond motifs is 1. The average Bonchev–Trinajstić information content (AvgIpc) is 2.30. The average molecular weight is 233 g/mol. The van der Waals surface area contributed by atoms with Gasteiger partial charge in [0.15, 0.2) is 0 Å². The molecule has 1 atom stereocenters. The van der Waals surface area contributed by atoms with Gasteiger partial charge in [-0.05, 0) is 38.0 Å². The molecule has 0 spiro atoms. The van der Waals surface area contributed by atoms with Gasteiger partial charge in [-0.3, -0.25) is 0 Å². The van der Waals surface area contributed by atoms with E-state index in [-0.39, 0.29) is 12.1 Å². The van der Waals surface area contributed by atoms with Gasteiger partial charge in [-0.25, -0.2) is 4.79 Å². The lowest BCUT2D eigenvalue weighted by molar-refractivity contribution is -0.142. The minimum Gasteiger partial charge on any atom is -0.454 e. The van der Waals surface area contributed by atoms with Crippen molar-refractivity contribution in [3.05, 3.63) is 35.1 Å². The van der Waals surface area contributed by atoms with E-state index in [2.05, 4.69) is 30.9 Å². The highest BCUT2D eigenvalue weighted by molar-refractivity contribution is 5.86. The van der Waals surface area contributed by atoms with E-state index in [0.717, 1.165) is 30.7 Å². The maximum Gasteiger partial charge on any atom is 0.331 e. The van der Waals surface area contributed by atoms with E-state index in [0.29, 0.717) is 0 Å². The summed E-state index contributed by atoms with van der Waals surface area (Å²) in [5, 5.41) is 0. The summed E-state index contributed by atoms with van der Waals surface area (Å²) in [4.78, 5) is 13.7. The number of hydrogen-bond acceptors (Lipinski definition) is 3. The molecule has 2 aliphatic rings. The Balaban J connectivity index is 2.25. The summed E-state index contributed by atoms with van der Waals surface area (Å²) < 4.78 is 5.38. The standard InChI is InChI=1S/C14H19NO2/c1-4-15(5-2)11-6-7-12-10(3)8-14(16)17-13(12)9-11/h6-8,13H,4-5,9H2,1-3H3.